The van der Waals surface area contributed by atoms with Gasteiger partial charge in [0, 0.05) is 25.7 Å². The first-order valence-electron chi connectivity index (χ1n) is 10.0. The molecule has 2 aliphatic heterocycles. The van der Waals surface area contributed by atoms with Crippen LogP contribution in [0.2, 0.25) is 0 Å². The number of rotatable bonds is 6. The highest BCUT2D eigenvalue weighted by molar-refractivity contribution is 5.90. The summed E-state index contributed by atoms with van der Waals surface area (Å²) < 4.78 is 25.5. The zero-order valence-electron chi connectivity index (χ0n) is 16.5. The monoisotopic (exact) mass is 399 g/mol. The van der Waals surface area contributed by atoms with Crippen LogP contribution in [-0.2, 0) is 9.47 Å². The van der Waals surface area contributed by atoms with E-state index in [1.165, 1.54) is 16.5 Å². The molecule has 2 aliphatic rings. The highest BCUT2D eigenvalue weighted by Crippen LogP contribution is 2.28. The molecule has 0 spiro atoms. The third kappa shape index (κ3) is 4.52. The van der Waals surface area contributed by atoms with Crippen LogP contribution in [0.4, 0.5) is 20.6 Å². The van der Waals surface area contributed by atoms with E-state index < -0.39 is 6.09 Å². The Morgan fingerprint density at radius 1 is 1.17 bits per heavy atom. The molecule has 1 amide bonds. The Labute approximate surface area is 170 Å². The van der Waals surface area contributed by atoms with Gasteiger partial charge in [0.1, 0.15) is 11.9 Å². The highest BCUT2D eigenvalue weighted by atomic mass is 19.1. The third-order valence-electron chi connectivity index (χ3n) is 5.42. The minimum Gasteiger partial charge on any atom is -0.443 e. The van der Waals surface area contributed by atoms with Gasteiger partial charge in [0.2, 0.25) is 0 Å². The van der Waals surface area contributed by atoms with Crippen molar-refractivity contribution >= 4 is 17.5 Å². The summed E-state index contributed by atoms with van der Waals surface area (Å²) in [6.45, 7) is 5.51. The minimum absolute atomic E-state index is 0.147. The molecule has 7 heteroatoms. The zero-order chi connectivity index (χ0) is 20.2. The quantitative estimate of drug-likeness (QED) is 0.808. The van der Waals surface area contributed by atoms with E-state index in [1.54, 1.807) is 12.1 Å². The van der Waals surface area contributed by atoms with Crippen molar-refractivity contribution in [3.63, 3.8) is 0 Å². The topological polar surface area (TPSA) is 54.0 Å². The molecule has 0 bridgehead atoms. The second kappa shape index (κ2) is 8.80. The van der Waals surface area contributed by atoms with E-state index in [9.17, 15) is 9.18 Å². The molecule has 0 saturated carbocycles. The maximum Gasteiger partial charge on any atom is 0.414 e. The molecule has 2 unspecified atom stereocenters. The van der Waals surface area contributed by atoms with Gasteiger partial charge in [-0.3, -0.25) is 4.90 Å². The number of amides is 1. The van der Waals surface area contributed by atoms with Gasteiger partial charge >= 0.3 is 6.09 Å². The Morgan fingerprint density at radius 3 is 2.66 bits per heavy atom. The molecule has 4 rings (SSSR count). The van der Waals surface area contributed by atoms with Gasteiger partial charge in [-0.2, -0.15) is 0 Å². The number of carbonyl (C=O) groups is 1. The number of morpholine rings is 1. The van der Waals surface area contributed by atoms with Crippen molar-refractivity contribution in [1.82, 2.24) is 5.32 Å². The zero-order valence-corrected chi connectivity index (χ0v) is 16.5. The third-order valence-corrected chi connectivity index (χ3v) is 5.42. The van der Waals surface area contributed by atoms with Crippen LogP contribution >= 0.6 is 0 Å². The fraction of sp³-hybridized carbons (Fsp3) is 0.409. The van der Waals surface area contributed by atoms with Crippen molar-refractivity contribution in [2.45, 2.75) is 19.1 Å². The van der Waals surface area contributed by atoms with E-state index in [1.807, 2.05) is 23.1 Å². The standard InChI is InChI=1S/C22H26FN3O3/c1-16(17-5-3-2-4-6-17)24-14-19-15-26(22(27)29-19)18-7-8-21(20(23)13-18)25-9-11-28-12-10-25/h2-8,13,16,19,24H,9-12,14-15H2,1H3. The van der Waals surface area contributed by atoms with Crippen LogP contribution in [0.5, 0.6) is 0 Å². The van der Waals surface area contributed by atoms with E-state index in [4.69, 9.17) is 9.47 Å². The first-order valence-corrected chi connectivity index (χ1v) is 10.0. The lowest BCUT2D eigenvalue weighted by Crippen LogP contribution is -2.36. The van der Waals surface area contributed by atoms with Crippen LogP contribution in [0.15, 0.2) is 48.5 Å². The maximum absolute atomic E-state index is 14.7. The van der Waals surface area contributed by atoms with Crippen LogP contribution in [0.1, 0.15) is 18.5 Å². The number of hydrogen-bond donors (Lipinski definition) is 1. The molecule has 2 fully saturated rings. The summed E-state index contributed by atoms with van der Waals surface area (Å²) in [5.41, 5.74) is 2.23. The molecular formula is C22H26FN3O3. The van der Waals surface area contributed by atoms with Crippen molar-refractivity contribution < 1.29 is 18.7 Å². The second-order valence-corrected chi connectivity index (χ2v) is 7.39. The molecule has 2 aromatic rings. The summed E-state index contributed by atoms with van der Waals surface area (Å²) in [5, 5.41) is 3.40. The van der Waals surface area contributed by atoms with Gasteiger partial charge in [-0.1, -0.05) is 30.3 Å². The van der Waals surface area contributed by atoms with Crippen molar-refractivity contribution in [2.75, 3.05) is 49.2 Å². The Morgan fingerprint density at radius 2 is 1.93 bits per heavy atom. The Balaban J connectivity index is 1.37. The molecule has 2 atom stereocenters. The van der Waals surface area contributed by atoms with Crippen LogP contribution in [0.25, 0.3) is 0 Å². The van der Waals surface area contributed by atoms with Crippen molar-refractivity contribution in [1.29, 1.82) is 0 Å². The van der Waals surface area contributed by atoms with Crippen molar-refractivity contribution in [3.05, 3.63) is 59.9 Å². The molecule has 2 aromatic carbocycles. The normalized spacial score (nSPS) is 20.6. The number of carbonyl (C=O) groups excluding carboxylic acids is 1. The van der Waals surface area contributed by atoms with Gasteiger partial charge in [0.05, 0.1) is 31.1 Å². The maximum atomic E-state index is 14.7. The van der Waals surface area contributed by atoms with Gasteiger partial charge in [-0.15, -0.1) is 0 Å². The SMILES string of the molecule is CC(NCC1CN(c2ccc(N3CCOCC3)c(F)c2)C(=O)O1)c1ccccc1. The van der Waals surface area contributed by atoms with Crippen molar-refractivity contribution in [2.24, 2.45) is 0 Å². The summed E-state index contributed by atoms with van der Waals surface area (Å²) in [6.07, 6.45) is -0.724. The average molecular weight is 399 g/mol. The second-order valence-electron chi connectivity index (χ2n) is 7.39. The molecule has 2 saturated heterocycles. The lowest BCUT2D eigenvalue weighted by molar-refractivity contribution is 0.122. The van der Waals surface area contributed by atoms with Crippen LogP contribution < -0.4 is 15.1 Å². The number of hydrogen-bond acceptors (Lipinski definition) is 5. The fourth-order valence-electron chi connectivity index (χ4n) is 3.73. The number of halogens is 1. The Hall–Kier alpha value is -2.64. The van der Waals surface area contributed by atoms with Gasteiger partial charge < -0.3 is 19.7 Å². The summed E-state index contributed by atoms with van der Waals surface area (Å²) >= 11 is 0. The van der Waals surface area contributed by atoms with Crippen LogP contribution in [0, 0.1) is 5.82 Å². The first kappa shape index (κ1) is 19.7. The number of cyclic esters (lactones) is 1. The van der Waals surface area contributed by atoms with Crippen LogP contribution in [0.3, 0.4) is 0 Å². The molecule has 29 heavy (non-hydrogen) atoms. The molecule has 2 heterocycles. The first-order chi connectivity index (χ1) is 14.1. The molecule has 0 aromatic heterocycles. The number of benzene rings is 2. The van der Waals surface area contributed by atoms with Crippen molar-refractivity contribution in [3.8, 4) is 0 Å². The summed E-state index contributed by atoms with van der Waals surface area (Å²) in [5.74, 6) is -0.337. The van der Waals surface area contributed by atoms with Crippen LogP contribution in [-0.4, -0.2) is 51.6 Å². The number of ether oxygens (including phenoxy) is 2. The van der Waals surface area contributed by atoms with Gasteiger partial charge in [-0.25, -0.2) is 9.18 Å². The molecule has 154 valence electrons. The van der Waals surface area contributed by atoms with E-state index in [2.05, 4.69) is 24.4 Å². The largest absolute Gasteiger partial charge is 0.443 e. The summed E-state index contributed by atoms with van der Waals surface area (Å²) in [4.78, 5) is 15.8. The minimum atomic E-state index is -0.442. The van der Waals surface area contributed by atoms with E-state index in [-0.39, 0.29) is 18.0 Å². The van der Waals surface area contributed by atoms with Gasteiger partial charge in [0.15, 0.2) is 0 Å². The average Bonchev–Trinajstić information content (AvgIpc) is 3.13. The highest BCUT2D eigenvalue weighted by Gasteiger charge is 2.33. The summed E-state index contributed by atoms with van der Waals surface area (Å²) in [7, 11) is 0. The molecule has 0 radical (unpaired) electrons. The lowest BCUT2D eigenvalue weighted by Gasteiger charge is -2.29. The Bertz CT molecular complexity index is 842. The Kier molecular flexibility index (Phi) is 5.97. The number of nitrogens with zero attached hydrogens (tertiary/aromatic N) is 2. The number of anilines is 2. The van der Waals surface area contributed by atoms with E-state index in [0.29, 0.717) is 50.8 Å². The van der Waals surface area contributed by atoms with Gasteiger partial charge in [-0.05, 0) is 30.7 Å². The summed E-state index contributed by atoms with van der Waals surface area (Å²) in [6, 6.07) is 15.2. The predicted octanol–water partition coefficient (Wildman–Crippen LogP) is 3.34. The molecular weight excluding hydrogens is 373 g/mol. The smallest absolute Gasteiger partial charge is 0.414 e. The van der Waals surface area contributed by atoms with E-state index >= 15 is 0 Å². The predicted molar refractivity (Wildman–Crippen MR) is 110 cm³/mol. The molecule has 1 N–H and O–H groups in total. The molecule has 0 aliphatic carbocycles. The van der Waals surface area contributed by atoms with E-state index in [0.717, 1.165) is 0 Å². The molecule has 6 nitrogen and oxygen atoms in total. The number of nitrogens with one attached hydrogen (secondary N) is 1. The van der Waals surface area contributed by atoms with Gasteiger partial charge in [0.25, 0.3) is 0 Å². The fourth-order valence-corrected chi connectivity index (χ4v) is 3.73. The lowest BCUT2D eigenvalue weighted by atomic mass is 10.1.